The maximum Gasteiger partial charge on any atom is 0.258 e. The second-order valence-corrected chi connectivity index (χ2v) is 4.89. The van der Waals surface area contributed by atoms with E-state index in [4.69, 9.17) is 11.6 Å². The van der Waals surface area contributed by atoms with Crippen molar-refractivity contribution >= 4 is 23.2 Å². The number of carbonyl (C=O) groups excluding carboxylic acids is 1. The molecule has 1 N–H and O–H groups in total. The number of pyridine rings is 1. The van der Waals surface area contributed by atoms with Crippen LogP contribution in [0, 0.1) is 11.6 Å². The van der Waals surface area contributed by atoms with Crippen LogP contribution in [0.2, 0.25) is 5.15 Å². The first-order chi connectivity index (χ1) is 11.1. The van der Waals surface area contributed by atoms with Gasteiger partial charge < -0.3 is 5.32 Å². The Morgan fingerprint density at radius 2 is 2.04 bits per heavy atom. The van der Waals surface area contributed by atoms with Gasteiger partial charge >= 0.3 is 0 Å². The molecule has 1 amide bonds. The summed E-state index contributed by atoms with van der Waals surface area (Å²) in [5.74, 6) is -2.27. The molecule has 0 aliphatic carbocycles. The highest BCUT2D eigenvalue weighted by Gasteiger charge is 2.16. The SMILES string of the molecule is O=C(Nc1ccc(-n2cccn2)c(F)c1)c1ccnc(Cl)c1F. The highest BCUT2D eigenvalue weighted by molar-refractivity contribution is 6.30. The summed E-state index contributed by atoms with van der Waals surface area (Å²) in [6.07, 6.45) is 4.32. The topological polar surface area (TPSA) is 59.8 Å². The molecule has 0 saturated carbocycles. The number of aromatic nitrogens is 3. The van der Waals surface area contributed by atoms with Crippen LogP contribution in [0.25, 0.3) is 5.69 Å². The van der Waals surface area contributed by atoms with E-state index in [1.807, 2.05) is 0 Å². The highest BCUT2D eigenvalue weighted by atomic mass is 35.5. The molecule has 0 atom stereocenters. The fourth-order valence-corrected chi connectivity index (χ4v) is 2.13. The molecule has 3 aromatic rings. The molecular formula is C15H9ClF2N4O. The summed E-state index contributed by atoms with van der Waals surface area (Å²) in [5.41, 5.74) is 0.128. The fourth-order valence-electron chi connectivity index (χ4n) is 1.97. The van der Waals surface area contributed by atoms with Crippen molar-refractivity contribution in [1.29, 1.82) is 0 Å². The number of hydrogen-bond acceptors (Lipinski definition) is 3. The van der Waals surface area contributed by atoms with Crippen LogP contribution in [-0.2, 0) is 0 Å². The van der Waals surface area contributed by atoms with Crippen LogP contribution in [-0.4, -0.2) is 20.7 Å². The van der Waals surface area contributed by atoms with Crippen LogP contribution < -0.4 is 5.32 Å². The Morgan fingerprint density at radius 1 is 1.22 bits per heavy atom. The summed E-state index contributed by atoms with van der Waals surface area (Å²) in [5, 5.41) is 5.92. The lowest BCUT2D eigenvalue weighted by Gasteiger charge is -2.09. The largest absolute Gasteiger partial charge is 0.322 e. The molecule has 116 valence electrons. The lowest BCUT2D eigenvalue weighted by molar-refractivity contribution is 0.102. The number of anilines is 1. The minimum atomic E-state index is -0.930. The second-order valence-electron chi connectivity index (χ2n) is 4.53. The van der Waals surface area contributed by atoms with E-state index in [0.717, 1.165) is 6.07 Å². The molecule has 8 heteroatoms. The van der Waals surface area contributed by atoms with Crippen molar-refractivity contribution in [3.05, 3.63) is 71.3 Å². The molecule has 0 saturated heterocycles. The number of carbonyl (C=O) groups is 1. The van der Waals surface area contributed by atoms with Crippen LogP contribution in [0.4, 0.5) is 14.5 Å². The van der Waals surface area contributed by atoms with Gasteiger partial charge in [-0.2, -0.15) is 5.10 Å². The summed E-state index contributed by atoms with van der Waals surface area (Å²) in [6.45, 7) is 0. The summed E-state index contributed by atoms with van der Waals surface area (Å²) in [6, 6.07) is 6.90. The van der Waals surface area contributed by atoms with Gasteiger partial charge in [0.2, 0.25) is 0 Å². The van der Waals surface area contributed by atoms with E-state index >= 15 is 0 Å². The average Bonchev–Trinajstić information content (AvgIpc) is 3.04. The number of nitrogens with zero attached hydrogens (tertiary/aromatic N) is 3. The van der Waals surface area contributed by atoms with Gasteiger partial charge in [-0.3, -0.25) is 4.79 Å². The van der Waals surface area contributed by atoms with Crippen molar-refractivity contribution in [2.24, 2.45) is 0 Å². The first-order valence-electron chi connectivity index (χ1n) is 6.47. The normalized spacial score (nSPS) is 10.6. The Morgan fingerprint density at radius 3 is 2.74 bits per heavy atom. The summed E-state index contributed by atoms with van der Waals surface area (Å²) in [7, 11) is 0. The van der Waals surface area contributed by atoms with Crippen LogP contribution in [0.15, 0.2) is 48.9 Å². The summed E-state index contributed by atoms with van der Waals surface area (Å²) >= 11 is 5.53. The Bertz CT molecular complexity index is 868. The number of rotatable bonds is 3. The van der Waals surface area contributed by atoms with Crippen molar-refractivity contribution in [1.82, 2.24) is 14.8 Å². The Labute approximate surface area is 134 Å². The van der Waals surface area contributed by atoms with Gasteiger partial charge in [-0.15, -0.1) is 0 Å². The number of amides is 1. The van der Waals surface area contributed by atoms with Gasteiger partial charge in [0.1, 0.15) is 5.69 Å². The van der Waals surface area contributed by atoms with E-state index in [1.54, 1.807) is 12.3 Å². The minimum absolute atomic E-state index is 0.177. The molecule has 0 spiro atoms. The van der Waals surface area contributed by atoms with Gasteiger partial charge in [0, 0.05) is 24.3 Å². The zero-order valence-corrected chi connectivity index (χ0v) is 12.3. The van der Waals surface area contributed by atoms with E-state index in [1.165, 1.54) is 35.3 Å². The van der Waals surface area contributed by atoms with Crippen LogP contribution in [0.5, 0.6) is 0 Å². The Hall–Kier alpha value is -2.80. The van der Waals surface area contributed by atoms with Gasteiger partial charge in [-0.1, -0.05) is 11.6 Å². The molecule has 5 nitrogen and oxygen atoms in total. The fraction of sp³-hybridized carbons (Fsp3) is 0. The molecule has 1 aromatic carbocycles. The third-order valence-electron chi connectivity index (χ3n) is 3.05. The van der Waals surface area contributed by atoms with Gasteiger partial charge in [0.05, 0.1) is 5.56 Å². The average molecular weight is 335 g/mol. The zero-order valence-electron chi connectivity index (χ0n) is 11.5. The lowest BCUT2D eigenvalue weighted by atomic mass is 10.2. The molecule has 2 heterocycles. The molecule has 23 heavy (non-hydrogen) atoms. The van der Waals surface area contributed by atoms with Crippen LogP contribution in [0.3, 0.4) is 0 Å². The zero-order chi connectivity index (χ0) is 16.4. The molecule has 0 radical (unpaired) electrons. The van der Waals surface area contributed by atoms with Gasteiger partial charge in [-0.25, -0.2) is 18.4 Å². The maximum atomic E-state index is 14.1. The molecule has 0 aliphatic rings. The first-order valence-corrected chi connectivity index (χ1v) is 6.85. The van der Waals surface area contributed by atoms with Gasteiger partial charge in [0.25, 0.3) is 5.91 Å². The van der Waals surface area contributed by atoms with Crippen molar-refractivity contribution in [2.45, 2.75) is 0 Å². The van der Waals surface area contributed by atoms with Gasteiger partial charge in [-0.05, 0) is 30.3 Å². The van der Waals surface area contributed by atoms with Crippen molar-refractivity contribution in [3.8, 4) is 5.69 Å². The molecule has 0 unspecified atom stereocenters. The monoisotopic (exact) mass is 334 g/mol. The van der Waals surface area contributed by atoms with Crippen molar-refractivity contribution in [3.63, 3.8) is 0 Å². The number of nitrogens with one attached hydrogen (secondary N) is 1. The Kier molecular flexibility index (Phi) is 4.03. The number of hydrogen-bond donors (Lipinski definition) is 1. The minimum Gasteiger partial charge on any atom is -0.322 e. The predicted octanol–water partition coefficient (Wildman–Crippen LogP) is 3.45. The molecule has 0 bridgehead atoms. The lowest BCUT2D eigenvalue weighted by Crippen LogP contribution is -2.14. The van der Waals surface area contributed by atoms with Crippen LogP contribution in [0.1, 0.15) is 10.4 Å². The number of benzene rings is 1. The van der Waals surface area contributed by atoms with Crippen molar-refractivity contribution < 1.29 is 13.6 Å². The smallest absolute Gasteiger partial charge is 0.258 e. The standard InChI is InChI=1S/C15H9ClF2N4O/c16-14-13(18)10(4-6-19-14)15(23)21-9-2-3-12(11(17)8-9)22-7-1-5-20-22/h1-8H,(H,21,23). The summed E-state index contributed by atoms with van der Waals surface area (Å²) < 4.78 is 29.2. The third-order valence-corrected chi connectivity index (χ3v) is 3.31. The molecule has 2 aromatic heterocycles. The maximum absolute atomic E-state index is 14.1. The first kappa shape index (κ1) is 15.1. The van der Waals surface area contributed by atoms with E-state index in [9.17, 15) is 13.6 Å². The quantitative estimate of drug-likeness (QED) is 0.746. The third kappa shape index (κ3) is 3.04. The van der Waals surface area contributed by atoms with Gasteiger partial charge in [0.15, 0.2) is 16.8 Å². The predicted molar refractivity (Wildman–Crippen MR) is 80.7 cm³/mol. The van der Waals surface area contributed by atoms with E-state index < -0.39 is 22.7 Å². The molecule has 3 rings (SSSR count). The summed E-state index contributed by atoms with van der Waals surface area (Å²) in [4.78, 5) is 15.6. The Balaban J connectivity index is 1.85. The molecular weight excluding hydrogens is 326 g/mol. The molecule has 0 aliphatic heterocycles. The van der Waals surface area contributed by atoms with Crippen LogP contribution >= 0.6 is 11.6 Å². The van der Waals surface area contributed by atoms with Crippen molar-refractivity contribution in [2.75, 3.05) is 5.32 Å². The van der Waals surface area contributed by atoms with E-state index in [2.05, 4.69) is 15.4 Å². The second kappa shape index (κ2) is 6.13. The van der Waals surface area contributed by atoms with E-state index in [0.29, 0.717) is 0 Å². The molecule has 0 fully saturated rings. The van der Waals surface area contributed by atoms with E-state index in [-0.39, 0.29) is 16.9 Å². The highest BCUT2D eigenvalue weighted by Crippen LogP contribution is 2.20. The number of halogens is 3.